The zero-order chi connectivity index (χ0) is 13.1. The average molecular weight is 272 g/mol. The molecule has 0 radical (unpaired) electrons. The number of halogens is 1. The molecule has 1 aliphatic heterocycles. The maximum Gasteiger partial charge on any atom is 0.140 e. The molecule has 0 aromatic carbocycles. The minimum absolute atomic E-state index is 0.147. The third-order valence-corrected chi connectivity index (χ3v) is 3.79. The minimum atomic E-state index is -0.147. The van der Waals surface area contributed by atoms with Crippen LogP contribution in [0.15, 0.2) is 6.33 Å². The highest BCUT2D eigenvalue weighted by Crippen LogP contribution is 2.29. The molecule has 2 atom stereocenters. The molecule has 1 N–H and O–H groups in total. The van der Waals surface area contributed by atoms with Crippen molar-refractivity contribution < 1.29 is 9.84 Å². The van der Waals surface area contributed by atoms with Gasteiger partial charge in [0.1, 0.15) is 17.3 Å². The predicted octanol–water partition coefficient (Wildman–Crippen LogP) is 1.63. The number of aliphatic hydroxyl groups is 1. The summed E-state index contributed by atoms with van der Waals surface area (Å²) in [6.07, 6.45) is 3.63. The summed E-state index contributed by atoms with van der Waals surface area (Å²) in [7, 11) is 1.74. The van der Waals surface area contributed by atoms with Gasteiger partial charge in [-0.25, -0.2) is 9.97 Å². The molecule has 5 nitrogen and oxygen atoms in total. The first-order chi connectivity index (χ1) is 8.67. The number of anilines is 1. The van der Waals surface area contributed by atoms with Crippen molar-refractivity contribution in [3.05, 3.63) is 17.0 Å². The molecule has 1 aromatic heterocycles. The zero-order valence-corrected chi connectivity index (χ0v) is 11.4. The smallest absolute Gasteiger partial charge is 0.140 e. The molecule has 100 valence electrons. The fourth-order valence-electron chi connectivity index (χ4n) is 2.42. The molecule has 6 heteroatoms. The Balaban J connectivity index is 2.24. The van der Waals surface area contributed by atoms with E-state index < -0.39 is 0 Å². The highest BCUT2D eigenvalue weighted by molar-refractivity contribution is 6.30. The first kappa shape index (κ1) is 13.5. The second kappa shape index (κ2) is 5.82. The molecule has 1 aromatic rings. The second-order valence-electron chi connectivity index (χ2n) is 4.55. The van der Waals surface area contributed by atoms with Crippen LogP contribution in [0.2, 0.25) is 5.15 Å². The van der Waals surface area contributed by atoms with Crippen molar-refractivity contribution in [3.63, 3.8) is 0 Å². The number of rotatable bonds is 3. The summed E-state index contributed by atoms with van der Waals surface area (Å²) in [6, 6.07) is 0.306. The van der Waals surface area contributed by atoms with Crippen molar-refractivity contribution >= 4 is 17.4 Å². The van der Waals surface area contributed by atoms with E-state index in [1.807, 2.05) is 0 Å². The quantitative estimate of drug-likeness (QED) is 0.847. The molecule has 0 spiro atoms. The van der Waals surface area contributed by atoms with Gasteiger partial charge < -0.3 is 14.7 Å². The third kappa shape index (κ3) is 2.58. The Hall–Kier alpha value is -0.910. The molecular formula is C12H18ClN3O2. The van der Waals surface area contributed by atoms with Crippen molar-refractivity contribution in [3.8, 4) is 0 Å². The van der Waals surface area contributed by atoms with E-state index in [1.165, 1.54) is 6.33 Å². The lowest BCUT2D eigenvalue weighted by Gasteiger charge is -2.38. The van der Waals surface area contributed by atoms with Gasteiger partial charge in [-0.05, 0) is 19.8 Å². The molecule has 1 aliphatic rings. The molecule has 2 unspecified atom stereocenters. The van der Waals surface area contributed by atoms with E-state index in [-0.39, 0.29) is 6.61 Å². The van der Waals surface area contributed by atoms with Crippen molar-refractivity contribution in [1.29, 1.82) is 0 Å². The van der Waals surface area contributed by atoms with E-state index in [1.54, 1.807) is 7.11 Å². The van der Waals surface area contributed by atoms with Gasteiger partial charge in [0.2, 0.25) is 0 Å². The maximum atomic E-state index is 9.40. The van der Waals surface area contributed by atoms with Crippen molar-refractivity contribution in [2.24, 2.45) is 0 Å². The molecule has 1 saturated heterocycles. The lowest BCUT2D eigenvalue weighted by molar-refractivity contribution is 0.0718. The number of nitrogens with zero attached hydrogens (tertiary/aromatic N) is 3. The second-order valence-corrected chi connectivity index (χ2v) is 4.91. The first-order valence-corrected chi connectivity index (χ1v) is 6.44. The Labute approximate surface area is 112 Å². The Morgan fingerprint density at radius 3 is 2.94 bits per heavy atom. The summed E-state index contributed by atoms with van der Waals surface area (Å²) in [5, 5.41) is 9.72. The van der Waals surface area contributed by atoms with Gasteiger partial charge in [-0.1, -0.05) is 11.6 Å². The molecular weight excluding hydrogens is 254 g/mol. The third-order valence-electron chi connectivity index (χ3n) is 3.46. The highest BCUT2D eigenvalue weighted by atomic mass is 35.5. The lowest BCUT2D eigenvalue weighted by Crippen LogP contribution is -2.44. The number of aromatic nitrogens is 2. The molecule has 0 saturated carbocycles. The Morgan fingerprint density at radius 1 is 1.56 bits per heavy atom. The molecule has 1 fully saturated rings. The predicted molar refractivity (Wildman–Crippen MR) is 69.8 cm³/mol. The van der Waals surface area contributed by atoms with Gasteiger partial charge in [0, 0.05) is 19.7 Å². The van der Waals surface area contributed by atoms with Crippen LogP contribution in [0.5, 0.6) is 0 Å². The highest BCUT2D eigenvalue weighted by Gasteiger charge is 2.28. The molecule has 18 heavy (non-hydrogen) atoms. The van der Waals surface area contributed by atoms with Crippen LogP contribution >= 0.6 is 11.6 Å². The summed E-state index contributed by atoms with van der Waals surface area (Å²) in [4.78, 5) is 10.3. The lowest BCUT2D eigenvalue weighted by atomic mass is 10.00. The number of methoxy groups -OCH3 is 1. The summed E-state index contributed by atoms with van der Waals surface area (Å²) >= 11 is 5.99. The summed E-state index contributed by atoms with van der Waals surface area (Å²) in [5.41, 5.74) is 0.599. The van der Waals surface area contributed by atoms with E-state index in [0.717, 1.165) is 25.2 Å². The van der Waals surface area contributed by atoms with Crippen LogP contribution in [-0.4, -0.2) is 40.9 Å². The van der Waals surface area contributed by atoms with Gasteiger partial charge in [0.25, 0.3) is 0 Å². The van der Waals surface area contributed by atoms with Gasteiger partial charge in [0.05, 0.1) is 18.3 Å². The normalized spacial score (nSPS) is 24.3. The van der Waals surface area contributed by atoms with E-state index in [0.29, 0.717) is 22.9 Å². The van der Waals surface area contributed by atoms with Crippen molar-refractivity contribution in [1.82, 2.24) is 9.97 Å². The van der Waals surface area contributed by atoms with Crippen LogP contribution in [0.1, 0.15) is 25.3 Å². The van der Waals surface area contributed by atoms with Gasteiger partial charge in [0.15, 0.2) is 0 Å². The molecule has 0 aliphatic carbocycles. The van der Waals surface area contributed by atoms with Gasteiger partial charge in [-0.2, -0.15) is 0 Å². The number of aliphatic hydroxyl groups excluding tert-OH is 1. The Bertz CT molecular complexity index is 416. The monoisotopic (exact) mass is 271 g/mol. The van der Waals surface area contributed by atoms with Crippen LogP contribution in [-0.2, 0) is 11.3 Å². The molecule has 2 heterocycles. The average Bonchev–Trinajstić information content (AvgIpc) is 2.38. The van der Waals surface area contributed by atoms with Crippen LogP contribution in [0.4, 0.5) is 5.82 Å². The Morgan fingerprint density at radius 2 is 2.33 bits per heavy atom. The van der Waals surface area contributed by atoms with Crippen LogP contribution in [0.3, 0.4) is 0 Å². The fourth-order valence-corrected chi connectivity index (χ4v) is 2.61. The largest absolute Gasteiger partial charge is 0.391 e. The Kier molecular flexibility index (Phi) is 4.37. The van der Waals surface area contributed by atoms with E-state index in [9.17, 15) is 5.11 Å². The first-order valence-electron chi connectivity index (χ1n) is 6.07. The van der Waals surface area contributed by atoms with Crippen molar-refractivity contribution in [2.45, 2.75) is 38.5 Å². The van der Waals surface area contributed by atoms with E-state index >= 15 is 0 Å². The molecule has 2 rings (SSSR count). The van der Waals surface area contributed by atoms with Crippen LogP contribution in [0.25, 0.3) is 0 Å². The zero-order valence-electron chi connectivity index (χ0n) is 10.6. The molecule has 0 bridgehead atoms. The van der Waals surface area contributed by atoms with E-state index in [2.05, 4.69) is 21.8 Å². The van der Waals surface area contributed by atoms with Gasteiger partial charge >= 0.3 is 0 Å². The summed E-state index contributed by atoms with van der Waals surface area (Å²) in [6.45, 7) is 2.83. The van der Waals surface area contributed by atoms with Gasteiger partial charge in [-0.15, -0.1) is 0 Å². The standard InChI is InChI=1S/C12H18ClN3O2/c1-8-5-9(18-2)3-4-16(8)12-10(6-17)11(13)14-7-15-12/h7-9,17H,3-6H2,1-2H3. The topological polar surface area (TPSA) is 58.5 Å². The number of hydrogen-bond acceptors (Lipinski definition) is 5. The molecule has 0 amide bonds. The van der Waals surface area contributed by atoms with Crippen molar-refractivity contribution in [2.75, 3.05) is 18.6 Å². The van der Waals surface area contributed by atoms with Crippen LogP contribution < -0.4 is 4.90 Å². The number of hydrogen-bond donors (Lipinski definition) is 1. The summed E-state index contributed by atoms with van der Waals surface area (Å²) in [5.74, 6) is 0.736. The maximum absolute atomic E-state index is 9.40. The van der Waals surface area contributed by atoms with Gasteiger partial charge in [-0.3, -0.25) is 0 Å². The van der Waals surface area contributed by atoms with E-state index in [4.69, 9.17) is 16.3 Å². The number of piperidine rings is 1. The summed E-state index contributed by atoms with van der Waals surface area (Å²) < 4.78 is 5.39. The number of ether oxygens (including phenoxy) is 1. The van der Waals surface area contributed by atoms with Crippen LogP contribution in [0, 0.1) is 0 Å². The fraction of sp³-hybridized carbons (Fsp3) is 0.667. The SMILES string of the molecule is COC1CCN(c2ncnc(Cl)c2CO)C(C)C1. The minimum Gasteiger partial charge on any atom is -0.391 e.